The quantitative estimate of drug-likeness (QED) is 0.873. The number of benzene rings is 1. The Morgan fingerprint density at radius 1 is 1.25 bits per heavy atom. The summed E-state index contributed by atoms with van der Waals surface area (Å²) in [6.45, 7) is 1.63. The van der Waals surface area contributed by atoms with E-state index in [0.29, 0.717) is 36.2 Å². The molecule has 2 amide bonds. The van der Waals surface area contributed by atoms with Crippen LogP contribution in [0.15, 0.2) is 12.1 Å². The summed E-state index contributed by atoms with van der Waals surface area (Å²) >= 11 is 12.3. The summed E-state index contributed by atoms with van der Waals surface area (Å²) in [6.07, 6.45) is -0.772. The standard InChI is InChI=1S/C16H19Cl2F2N3O/c17-12-3-1-10-11(15(12)18)2-4-13(10)21-16(24)23-7-5-22(6-8-23)9-14(19)20/h1,3,13-14H,2,4-9H2,(H,21,24). The van der Waals surface area contributed by atoms with Crippen LogP contribution in [0.5, 0.6) is 0 Å². The van der Waals surface area contributed by atoms with Crippen molar-refractivity contribution in [3.63, 3.8) is 0 Å². The van der Waals surface area contributed by atoms with Crippen LogP contribution >= 0.6 is 23.2 Å². The van der Waals surface area contributed by atoms with Gasteiger partial charge in [-0.2, -0.15) is 0 Å². The fraction of sp³-hybridized carbons (Fsp3) is 0.562. The largest absolute Gasteiger partial charge is 0.331 e. The Hall–Kier alpha value is -1.11. The van der Waals surface area contributed by atoms with E-state index in [1.807, 2.05) is 6.07 Å². The lowest BCUT2D eigenvalue weighted by Crippen LogP contribution is -2.52. The number of rotatable bonds is 3. The molecule has 1 aromatic rings. The Bertz CT molecular complexity index is 622. The van der Waals surface area contributed by atoms with Crippen LogP contribution in [-0.4, -0.2) is 55.0 Å². The van der Waals surface area contributed by atoms with Crippen LogP contribution < -0.4 is 5.32 Å². The van der Waals surface area contributed by atoms with Gasteiger partial charge in [0.05, 0.1) is 22.6 Å². The molecule has 1 aliphatic carbocycles. The molecule has 0 aromatic heterocycles. The maximum Gasteiger partial charge on any atom is 0.317 e. The highest BCUT2D eigenvalue weighted by molar-refractivity contribution is 6.42. The third-order valence-electron chi connectivity index (χ3n) is 4.64. The minimum atomic E-state index is -2.34. The van der Waals surface area contributed by atoms with Gasteiger partial charge in [-0.05, 0) is 30.0 Å². The molecule has 1 aromatic carbocycles. The number of carbonyl (C=O) groups excluding carboxylic acids is 1. The summed E-state index contributed by atoms with van der Waals surface area (Å²) in [5.74, 6) is 0. The smallest absolute Gasteiger partial charge is 0.317 e. The van der Waals surface area contributed by atoms with Crippen LogP contribution in [0.25, 0.3) is 0 Å². The van der Waals surface area contributed by atoms with Crippen LogP contribution in [-0.2, 0) is 6.42 Å². The molecule has 1 heterocycles. The second-order valence-electron chi connectivity index (χ2n) is 6.15. The molecule has 0 radical (unpaired) electrons. The molecule has 0 saturated carbocycles. The van der Waals surface area contributed by atoms with Crippen molar-refractivity contribution in [3.8, 4) is 0 Å². The van der Waals surface area contributed by atoms with Crippen molar-refractivity contribution >= 4 is 29.2 Å². The lowest BCUT2D eigenvalue weighted by atomic mass is 10.1. The minimum absolute atomic E-state index is 0.0821. The molecule has 4 nitrogen and oxygen atoms in total. The predicted octanol–water partition coefficient (Wildman–Crippen LogP) is 3.57. The Balaban J connectivity index is 1.57. The third-order valence-corrected chi connectivity index (χ3v) is 5.49. The van der Waals surface area contributed by atoms with Gasteiger partial charge in [0.2, 0.25) is 0 Å². The number of piperazine rings is 1. The van der Waals surface area contributed by atoms with Crippen molar-refractivity contribution in [2.75, 3.05) is 32.7 Å². The Labute approximate surface area is 149 Å². The average molecular weight is 378 g/mol. The van der Waals surface area contributed by atoms with E-state index in [1.54, 1.807) is 15.9 Å². The Morgan fingerprint density at radius 2 is 1.96 bits per heavy atom. The Kier molecular flexibility index (Phi) is 5.47. The Morgan fingerprint density at radius 3 is 2.62 bits per heavy atom. The van der Waals surface area contributed by atoms with Gasteiger partial charge < -0.3 is 10.2 Å². The number of carbonyl (C=O) groups is 1. The zero-order valence-electron chi connectivity index (χ0n) is 13.1. The molecule has 1 aliphatic heterocycles. The molecule has 2 aliphatic rings. The summed E-state index contributed by atoms with van der Waals surface area (Å²) in [6, 6.07) is 3.41. The number of hydrogen-bond donors (Lipinski definition) is 1. The van der Waals surface area contributed by atoms with Gasteiger partial charge in [-0.1, -0.05) is 29.3 Å². The molecule has 1 saturated heterocycles. The van der Waals surface area contributed by atoms with Gasteiger partial charge in [0.1, 0.15) is 0 Å². The SMILES string of the molecule is O=C(NC1CCc2c1ccc(Cl)c2Cl)N1CCN(CC(F)F)CC1. The highest BCUT2D eigenvalue weighted by Crippen LogP contribution is 2.39. The molecule has 1 N–H and O–H groups in total. The zero-order chi connectivity index (χ0) is 17.3. The molecule has 1 fully saturated rings. The van der Waals surface area contributed by atoms with E-state index >= 15 is 0 Å². The molecule has 1 atom stereocenters. The third kappa shape index (κ3) is 3.76. The minimum Gasteiger partial charge on any atom is -0.331 e. The van der Waals surface area contributed by atoms with Crippen molar-refractivity contribution in [1.29, 1.82) is 0 Å². The first kappa shape index (κ1) is 17.7. The number of urea groups is 1. The van der Waals surface area contributed by atoms with Crippen molar-refractivity contribution < 1.29 is 13.6 Å². The summed E-state index contributed by atoms with van der Waals surface area (Å²) in [4.78, 5) is 15.8. The van der Waals surface area contributed by atoms with Crippen LogP contribution in [0.3, 0.4) is 0 Å². The van der Waals surface area contributed by atoms with Gasteiger partial charge in [0.15, 0.2) is 0 Å². The summed E-state index contributed by atoms with van der Waals surface area (Å²) < 4.78 is 24.8. The lowest BCUT2D eigenvalue weighted by Gasteiger charge is -2.35. The van der Waals surface area contributed by atoms with Gasteiger partial charge in [0.25, 0.3) is 6.43 Å². The molecular formula is C16H19Cl2F2N3O. The summed E-state index contributed by atoms with van der Waals surface area (Å²) in [7, 11) is 0. The van der Waals surface area contributed by atoms with Gasteiger partial charge in [-0.15, -0.1) is 0 Å². The molecule has 8 heteroatoms. The fourth-order valence-electron chi connectivity index (χ4n) is 3.35. The lowest BCUT2D eigenvalue weighted by molar-refractivity contribution is 0.0633. The van der Waals surface area contributed by atoms with Crippen LogP contribution in [0.2, 0.25) is 10.0 Å². The number of fused-ring (bicyclic) bond motifs is 1. The second kappa shape index (κ2) is 7.42. The van der Waals surface area contributed by atoms with E-state index in [2.05, 4.69) is 5.32 Å². The fourth-order valence-corrected chi connectivity index (χ4v) is 3.79. The second-order valence-corrected chi connectivity index (χ2v) is 6.93. The van der Waals surface area contributed by atoms with E-state index in [0.717, 1.165) is 24.0 Å². The predicted molar refractivity (Wildman–Crippen MR) is 90.1 cm³/mol. The maximum absolute atomic E-state index is 12.4. The van der Waals surface area contributed by atoms with Gasteiger partial charge >= 0.3 is 6.03 Å². The first-order valence-electron chi connectivity index (χ1n) is 7.98. The van der Waals surface area contributed by atoms with Crippen molar-refractivity contribution in [1.82, 2.24) is 15.1 Å². The van der Waals surface area contributed by atoms with Crippen LogP contribution in [0.1, 0.15) is 23.6 Å². The number of halogens is 4. The molecule has 0 bridgehead atoms. The first-order chi connectivity index (χ1) is 11.5. The molecule has 0 spiro atoms. The van der Waals surface area contributed by atoms with Crippen LogP contribution in [0, 0.1) is 0 Å². The maximum atomic E-state index is 12.4. The topological polar surface area (TPSA) is 35.6 Å². The van der Waals surface area contributed by atoms with Crippen LogP contribution in [0.4, 0.5) is 13.6 Å². The molecule has 1 unspecified atom stereocenters. The highest BCUT2D eigenvalue weighted by atomic mass is 35.5. The van der Waals surface area contributed by atoms with E-state index in [4.69, 9.17) is 23.2 Å². The number of hydrogen-bond acceptors (Lipinski definition) is 2. The molecule has 132 valence electrons. The highest BCUT2D eigenvalue weighted by Gasteiger charge is 2.29. The number of nitrogens with zero attached hydrogens (tertiary/aromatic N) is 2. The van der Waals surface area contributed by atoms with Gasteiger partial charge in [0, 0.05) is 26.2 Å². The van der Waals surface area contributed by atoms with E-state index in [1.165, 1.54) is 0 Å². The molecule has 3 rings (SSSR count). The molecule has 24 heavy (non-hydrogen) atoms. The van der Waals surface area contributed by atoms with Crippen molar-refractivity contribution in [2.24, 2.45) is 0 Å². The number of amides is 2. The van der Waals surface area contributed by atoms with Crippen molar-refractivity contribution in [3.05, 3.63) is 33.3 Å². The summed E-state index contributed by atoms with van der Waals surface area (Å²) in [5.41, 5.74) is 2.00. The summed E-state index contributed by atoms with van der Waals surface area (Å²) in [5, 5.41) is 4.11. The van der Waals surface area contributed by atoms with E-state index < -0.39 is 6.43 Å². The number of alkyl halides is 2. The van der Waals surface area contributed by atoms with Crippen molar-refractivity contribution in [2.45, 2.75) is 25.3 Å². The van der Waals surface area contributed by atoms with E-state index in [-0.39, 0.29) is 18.6 Å². The first-order valence-corrected chi connectivity index (χ1v) is 8.74. The molecular weight excluding hydrogens is 359 g/mol. The monoisotopic (exact) mass is 377 g/mol. The van der Waals surface area contributed by atoms with Gasteiger partial charge in [-0.25, -0.2) is 13.6 Å². The van der Waals surface area contributed by atoms with E-state index in [9.17, 15) is 13.6 Å². The van der Waals surface area contributed by atoms with Gasteiger partial charge in [-0.3, -0.25) is 4.90 Å². The zero-order valence-corrected chi connectivity index (χ0v) is 14.6. The normalized spacial score (nSPS) is 21.2. The average Bonchev–Trinajstić information content (AvgIpc) is 2.94. The number of nitrogens with one attached hydrogen (secondary N) is 1.